The fourth-order valence-corrected chi connectivity index (χ4v) is 14.4. The second-order valence-electron chi connectivity index (χ2n) is 23.2. The maximum Gasteiger partial charge on any atom is 0.252 e. The van der Waals surface area contributed by atoms with Crippen LogP contribution in [0.1, 0.15) is 0 Å². The second kappa shape index (κ2) is 20.4. The van der Waals surface area contributed by atoms with E-state index in [1.165, 1.54) is 66.2 Å². The molecule has 89 heavy (non-hydrogen) atoms. The Morgan fingerprint density at radius 1 is 0.247 bits per heavy atom. The minimum Gasteiger partial charge on any atom is -0.311 e. The molecule has 2 aliphatic rings. The third-order valence-electron chi connectivity index (χ3n) is 18.3. The smallest absolute Gasteiger partial charge is 0.252 e. The van der Waals surface area contributed by atoms with E-state index in [1.54, 1.807) is 0 Å². The number of hydrogen-bond donors (Lipinski definition) is 0. The molecule has 0 fully saturated rings. The molecule has 0 saturated heterocycles. The van der Waals surface area contributed by atoms with E-state index in [4.69, 9.17) is 9.97 Å². The van der Waals surface area contributed by atoms with E-state index >= 15 is 0 Å². The molecule has 6 nitrogen and oxygen atoms in total. The van der Waals surface area contributed by atoms with Crippen LogP contribution in [0.5, 0.6) is 0 Å². The second-order valence-corrected chi connectivity index (χ2v) is 23.2. The third kappa shape index (κ3) is 8.13. The van der Waals surface area contributed by atoms with E-state index in [-0.39, 0.29) is 6.71 Å². The summed E-state index contributed by atoms with van der Waals surface area (Å²) in [7, 11) is 0. The number of para-hydroxylation sites is 6. The summed E-state index contributed by atoms with van der Waals surface area (Å²) in [5.74, 6) is 0.680. The lowest BCUT2D eigenvalue weighted by atomic mass is 9.33. The van der Waals surface area contributed by atoms with E-state index in [1.807, 2.05) is 24.3 Å². The Hall–Kier alpha value is -11.8. The minimum atomic E-state index is 0.0690. The Balaban J connectivity index is 0.810. The fraction of sp³-hybridized carbons (Fsp3) is 0. The topological polar surface area (TPSA) is 42.1 Å². The molecule has 0 amide bonds. The molecule has 18 rings (SSSR count). The van der Waals surface area contributed by atoms with Crippen LogP contribution in [0.2, 0.25) is 0 Å². The first-order valence-electron chi connectivity index (χ1n) is 30.5. The average Bonchev–Trinajstić information content (AvgIpc) is 1.27. The van der Waals surface area contributed by atoms with E-state index < -0.39 is 0 Å². The van der Waals surface area contributed by atoms with Crippen molar-refractivity contribution < 1.29 is 0 Å². The van der Waals surface area contributed by atoms with Crippen molar-refractivity contribution in [3.8, 4) is 67.5 Å². The molecule has 0 aliphatic carbocycles. The van der Waals surface area contributed by atoms with Crippen LogP contribution >= 0.6 is 0 Å². The lowest BCUT2D eigenvalue weighted by Gasteiger charge is -2.44. The Kier molecular flexibility index (Phi) is 11.6. The quantitative estimate of drug-likeness (QED) is 0.135. The van der Waals surface area contributed by atoms with Gasteiger partial charge in [-0.25, -0.2) is 9.97 Å². The van der Waals surface area contributed by atoms with Crippen molar-refractivity contribution in [1.29, 1.82) is 0 Å². The summed E-state index contributed by atoms with van der Waals surface area (Å²) in [5.41, 5.74) is 26.8. The third-order valence-corrected chi connectivity index (χ3v) is 18.3. The van der Waals surface area contributed by atoms with Gasteiger partial charge in [-0.3, -0.25) is 0 Å². The van der Waals surface area contributed by atoms with Gasteiger partial charge in [0.2, 0.25) is 0 Å². The molecule has 2 aliphatic heterocycles. The van der Waals surface area contributed by atoms with Crippen molar-refractivity contribution in [3.63, 3.8) is 0 Å². The lowest BCUT2D eigenvalue weighted by Crippen LogP contribution is -2.61. The zero-order valence-electron chi connectivity index (χ0n) is 48.4. The summed E-state index contributed by atoms with van der Waals surface area (Å²) in [6, 6.07) is 117. The standard InChI is InChI=1S/C82H53BN6/c1-5-23-56(24-6-1)70-52-71(85-82(84-70)57-25-7-2-8-26-57)59-47-48-74(89-73-38-18-14-34-64(73)67-51-66-63-33-13-17-37-72(63)86(79(66)53-80(67)89)60-28-9-3-10-29-60)65(50-59)55-45-43-54(44-46-55)58-27-21-32-62(49-58)88-76-40-20-16-36-69(76)83-68-35-15-19-39-75(68)87(61-30-11-4-12-31-61)77-41-22-42-78(88)81(77)83/h1-53H. The number of fused-ring (bicyclic) bond motifs is 10. The molecule has 0 spiro atoms. The van der Waals surface area contributed by atoms with Crippen LogP contribution < -0.4 is 26.2 Å². The SMILES string of the molecule is c1ccc(-c2cc(-c3ccc(-n4c5ccccc5c5cc6c7ccccc7n(-c7ccccc7)c6cc54)c(-c4ccc(-c5cccc(N6c7ccccc7B7c8ccccc8N(c8ccccc8)c8cccc6c87)c5)cc4)c3)nc(-c3ccccc3)n2)cc1. The van der Waals surface area contributed by atoms with Gasteiger partial charge in [0.25, 0.3) is 6.71 Å². The maximum atomic E-state index is 5.37. The Morgan fingerprint density at radius 3 is 1.38 bits per heavy atom. The summed E-state index contributed by atoms with van der Waals surface area (Å²) in [5, 5.41) is 4.85. The first-order valence-corrected chi connectivity index (χ1v) is 30.5. The van der Waals surface area contributed by atoms with Crippen LogP contribution in [0.15, 0.2) is 322 Å². The van der Waals surface area contributed by atoms with Crippen LogP contribution in [-0.2, 0) is 0 Å². The first kappa shape index (κ1) is 50.5. The van der Waals surface area contributed by atoms with Gasteiger partial charge in [-0.2, -0.15) is 0 Å². The highest BCUT2D eigenvalue weighted by molar-refractivity contribution is 7.00. The molecule has 7 heteroatoms. The molecule has 5 heterocycles. The van der Waals surface area contributed by atoms with Crippen LogP contribution in [0.4, 0.5) is 34.1 Å². The maximum absolute atomic E-state index is 5.37. The van der Waals surface area contributed by atoms with Gasteiger partial charge in [0.15, 0.2) is 5.82 Å². The molecule has 0 radical (unpaired) electrons. The molecule has 3 aromatic heterocycles. The monoisotopic (exact) mass is 1130 g/mol. The number of benzene rings is 13. The Bertz CT molecular complexity index is 5390. The van der Waals surface area contributed by atoms with Crippen molar-refractivity contribution >= 4 is 101 Å². The molecule has 414 valence electrons. The van der Waals surface area contributed by atoms with Gasteiger partial charge in [0, 0.05) is 83.6 Å². The molecule has 0 bridgehead atoms. The molecule has 0 unspecified atom stereocenters. The molecule has 0 saturated carbocycles. The predicted molar refractivity (Wildman–Crippen MR) is 372 cm³/mol. The van der Waals surface area contributed by atoms with Crippen LogP contribution in [0.3, 0.4) is 0 Å². The van der Waals surface area contributed by atoms with E-state index in [9.17, 15) is 0 Å². The molecule has 0 N–H and O–H groups in total. The van der Waals surface area contributed by atoms with Gasteiger partial charge >= 0.3 is 0 Å². The van der Waals surface area contributed by atoms with Crippen molar-refractivity contribution in [2.24, 2.45) is 0 Å². The molecule has 13 aromatic carbocycles. The first-order chi connectivity index (χ1) is 44.2. The molecule has 0 atom stereocenters. The van der Waals surface area contributed by atoms with Gasteiger partial charge in [-0.1, -0.05) is 218 Å². The van der Waals surface area contributed by atoms with Crippen LogP contribution in [0, 0.1) is 0 Å². The Labute approximate surface area is 515 Å². The highest BCUT2D eigenvalue weighted by Gasteiger charge is 2.43. The zero-order chi connectivity index (χ0) is 58.5. The number of rotatable bonds is 9. The van der Waals surface area contributed by atoms with Crippen molar-refractivity contribution in [1.82, 2.24) is 19.1 Å². The number of aromatic nitrogens is 4. The van der Waals surface area contributed by atoms with E-state index in [0.717, 1.165) is 89.6 Å². The summed E-state index contributed by atoms with van der Waals surface area (Å²) >= 11 is 0. The van der Waals surface area contributed by atoms with Crippen molar-refractivity contribution in [3.05, 3.63) is 322 Å². The van der Waals surface area contributed by atoms with Crippen molar-refractivity contribution in [2.75, 3.05) is 9.80 Å². The van der Waals surface area contributed by atoms with Gasteiger partial charge in [0.05, 0.1) is 39.1 Å². The zero-order valence-corrected chi connectivity index (χ0v) is 48.4. The predicted octanol–water partition coefficient (Wildman–Crippen LogP) is 19.1. The van der Waals surface area contributed by atoms with E-state index in [0.29, 0.717) is 5.82 Å². The summed E-state index contributed by atoms with van der Waals surface area (Å²) in [6.07, 6.45) is 0. The molecular formula is C82H53BN6. The van der Waals surface area contributed by atoms with E-state index in [2.05, 4.69) is 316 Å². The summed E-state index contributed by atoms with van der Waals surface area (Å²) in [4.78, 5) is 15.5. The van der Waals surface area contributed by atoms with Crippen LogP contribution in [0.25, 0.3) is 111 Å². The number of nitrogens with zero attached hydrogens (tertiary/aromatic N) is 6. The number of anilines is 6. The highest BCUT2D eigenvalue weighted by atomic mass is 15.2. The van der Waals surface area contributed by atoms with Crippen LogP contribution in [-0.4, -0.2) is 25.8 Å². The summed E-state index contributed by atoms with van der Waals surface area (Å²) < 4.78 is 4.90. The molecule has 16 aromatic rings. The average molecular weight is 1130 g/mol. The fourth-order valence-electron chi connectivity index (χ4n) is 14.4. The minimum absolute atomic E-state index is 0.0690. The lowest BCUT2D eigenvalue weighted by molar-refractivity contribution is 1.16. The highest BCUT2D eigenvalue weighted by Crippen LogP contribution is 2.46. The van der Waals surface area contributed by atoms with Gasteiger partial charge in [0.1, 0.15) is 0 Å². The summed E-state index contributed by atoms with van der Waals surface area (Å²) in [6.45, 7) is 0.0690. The molecular weight excluding hydrogens is 1080 g/mol. The van der Waals surface area contributed by atoms with Gasteiger partial charge < -0.3 is 18.9 Å². The van der Waals surface area contributed by atoms with Crippen molar-refractivity contribution in [2.45, 2.75) is 0 Å². The van der Waals surface area contributed by atoms with Gasteiger partial charge in [-0.15, -0.1) is 0 Å². The number of hydrogen-bond acceptors (Lipinski definition) is 4. The Morgan fingerprint density at radius 2 is 0.719 bits per heavy atom. The van der Waals surface area contributed by atoms with Gasteiger partial charge in [-0.05, 0) is 136 Å². The largest absolute Gasteiger partial charge is 0.311 e. The normalized spacial score (nSPS) is 12.4.